The zero-order chi connectivity index (χ0) is 9.14. The number of benzene rings is 1. The summed E-state index contributed by atoms with van der Waals surface area (Å²) in [6.07, 6.45) is -0.647. The van der Waals surface area contributed by atoms with E-state index < -0.39 is 6.10 Å². The van der Waals surface area contributed by atoms with Crippen molar-refractivity contribution >= 4 is 5.69 Å². The van der Waals surface area contributed by atoms with E-state index in [0.717, 1.165) is 5.56 Å². The fourth-order valence-corrected chi connectivity index (χ4v) is 1.03. The van der Waals surface area contributed by atoms with Crippen molar-refractivity contribution < 1.29 is 5.11 Å². The predicted octanol–water partition coefficient (Wildman–Crippen LogP) is 1.88. The van der Waals surface area contributed by atoms with Gasteiger partial charge in [0.2, 0.25) is 0 Å². The average molecular weight is 163 g/mol. The normalized spacial score (nSPS) is 12.5. The number of aliphatic hydroxyl groups excluding tert-OH is 1. The number of rotatable bonds is 2. The summed E-state index contributed by atoms with van der Waals surface area (Å²) >= 11 is 0. The molecule has 0 aromatic heterocycles. The Bertz CT molecular complexity index is 294. The summed E-state index contributed by atoms with van der Waals surface area (Å²) in [7, 11) is 0. The highest BCUT2D eigenvalue weighted by Gasteiger charge is 2.09. The van der Waals surface area contributed by atoms with E-state index in [9.17, 15) is 5.11 Å². The zero-order valence-electron chi connectivity index (χ0n) is 7.12. The minimum absolute atomic E-state index is 0.605. The van der Waals surface area contributed by atoms with Crippen LogP contribution in [0.3, 0.4) is 0 Å². The second-order valence-corrected chi connectivity index (χ2v) is 2.88. The van der Waals surface area contributed by atoms with E-state index in [0.29, 0.717) is 11.3 Å². The van der Waals surface area contributed by atoms with E-state index >= 15 is 0 Å². The zero-order valence-corrected chi connectivity index (χ0v) is 7.12. The van der Waals surface area contributed by atoms with Crippen LogP contribution in [0.1, 0.15) is 18.6 Å². The van der Waals surface area contributed by atoms with Gasteiger partial charge < -0.3 is 10.8 Å². The molecule has 2 heteroatoms. The number of hydrogen-bond donors (Lipinski definition) is 2. The summed E-state index contributed by atoms with van der Waals surface area (Å²) in [6.45, 7) is 5.44. The molecule has 0 radical (unpaired) electrons. The molecule has 1 atom stereocenters. The molecule has 3 N–H and O–H groups in total. The molecule has 0 bridgehead atoms. The first-order valence-electron chi connectivity index (χ1n) is 3.81. The van der Waals surface area contributed by atoms with Gasteiger partial charge in [0, 0.05) is 11.3 Å². The van der Waals surface area contributed by atoms with Crippen LogP contribution in [0.4, 0.5) is 5.69 Å². The van der Waals surface area contributed by atoms with Crippen LogP contribution in [0.2, 0.25) is 0 Å². The molecule has 0 aliphatic carbocycles. The molecule has 1 unspecified atom stereocenters. The van der Waals surface area contributed by atoms with Crippen molar-refractivity contribution in [3.8, 4) is 0 Å². The van der Waals surface area contributed by atoms with Crippen LogP contribution >= 0.6 is 0 Å². The lowest BCUT2D eigenvalue weighted by Gasteiger charge is -2.12. The highest BCUT2D eigenvalue weighted by molar-refractivity contribution is 5.49. The molecule has 0 spiro atoms. The van der Waals surface area contributed by atoms with Gasteiger partial charge in [-0.25, -0.2) is 0 Å². The molecule has 12 heavy (non-hydrogen) atoms. The van der Waals surface area contributed by atoms with Crippen molar-refractivity contribution in [2.45, 2.75) is 13.0 Å². The first-order chi connectivity index (χ1) is 5.63. The highest BCUT2D eigenvalue weighted by Crippen LogP contribution is 2.24. The molecule has 0 aliphatic heterocycles. The molecular formula is C10H13NO. The summed E-state index contributed by atoms with van der Waals surface area (Å²) in [5.74, 6) is 0. The standard InChI is InChI=1S/C10H13NO/c1-7(2)10(12)8-5-3-4-6-9(8)11/h3-6,10,12H,1,11H2,2H3. The van der Waals surface area contributed by atoms with E-state index in [1.165, 1.54) is 0 Å². The topological polar surface area (TPSA) is 46.2 Å². The number of aliphatic hydroxyl groups is 1. The van der Waals surface area contributed by atoms with E-state index in [1.54, 1.807) is 19.1 Å². The Morgan fingerprint density at radius 1 is 1.50 bits per heavy atom. The van der Waals surface area contributed by atoms with Gasteiger partial charge in [0.1, 0.15) is 6.10 Å². The van der Waals surface area contributed by atoms with Gasteiger partial charge in [-0.3, -0.25) is 0 Å². The lowest BCUT2D eigenvalue weighted by molar-refractivity contribution is 0.217. The van der Waals surface area contributed by atoms with Gasteiger partial charge in [0.15, 0.2) is 0 Å². The fourth-order valence-electron chi connectivity index (χ4n) is 1.03. The summed E-state index contributed by atoms with van der Waals surface area (Å²) in [4.78, 5) is 0. The number of para-hydroxylation sites is 1. The third-order valence-corrected chi connectivity index (χ3v) is 1.76. The molecule has 0 aliphatic rings. The van der Waals surface area contributed by atoms with Crippen LogP contribution in [0.15, 0.2) is 36.4 Å². The minimum Gasteiger partial charge on any atom is -0.398 e. The Hall–Kier alpha value is -1.28. The maximum atomic E-state index is 9.60. The quantitative estimate of drug-likeness (QED) is 0.516. The van der Waals surface area contributed by atoms with E-state index in [-0.39, 0.29) is 0 Å². The predicted molar refractivity (Wildman–Crippen MR) is 50.6 cm³/mol. The SMILES string of the molecule is C=C(C)C(O)c1ccccc1N. The van der Waals surface area contributed by atoms with Crippen LogP contribution in [-0.4, -0.2) is 5.11 Å². The maximum Gasteiger partial charge on any atom is 0.102 e. The molecule has 1 rings (SSSR count). The van der Waals surface area contributed by atoms with Gasteiger partial charge in [0.25, 0.3) is 0 Å². The average Bonchev–Trinajstić information content (AvgIpc) is 2.04. The third-order valence-electron chi connectivity index (χ3n) is 1.76. The second-order valence-electron chi connectivity index (χ2n) is 2.88. The van der Waals surface area contributed by atoms with E-state index in [1.807, 2.05) is 12.1 Å². The van der Waals surface area contributed by atoms with Crippen molar-refractivity contribution in [3.05, 3.63) is 42.0 Å². The molecule has 1 aromatic rings. The molecule has 64 valence electrons. The first-order valence-corrected chi connectivity index (χ1v) is 3.81. The second kappa shape index (κ2) is 3.41. The van der Waals surface area contributed by atoms with Gasteiger partial charge in [-0.2, -0.15) is 0 Å². The molecule has 0 saturated heterocycles. The van der Waals surface area contributed by atoms with Gasteiger partial charge in [-0.05, 0) is 18.6 Å². The summed E-state index contributed by atoms with van der Waals surface area (Å²) in [6, 6.07) is 7.25. The van der Waals surface area contributed by atoms with Crippen LogP contribution in [0, 0.1) is 0 Å². The number of hydrogen-bond acceptors (Lipinski definition) is 2. The van der Waals surface area contributed by atoms with Crippen LogP contribution in [0.25, 0.3) is 0 Å². The largest absolute Gasteiger partial charge is 0.398 e. The smallest absolute Gasteiger partial charge is 0.102 e. The summed E-state index contributed by atoms with van der Waals surface area (Å²) < 4.78 is 0. The summed E-state index contributed by atoms with van der Waals surface area (Å²) in [5, 5.41) is 9.60. The Labute approximate surface area is 72.3 Å². The molecule has 1 aromatic carbocycles. The van der Waals surface area contributed by atoms with Gasteiger partial charge >= 0.3 is 0 Å². The number of nitrogens with two attached hydrogens (primary N) is 1. The highest BCUT2D eigenvalue weighted by atomic mass is 16.3. The monoisotopic (exact) mass is 163 g/mol. The van der Waals surface area contributed by atoms with Gasteiger partial charge in [0.05, 0.1) is 0 Å². The van der Waals surface area contributed by atoms with Crippen molar-refractivity contribution in [1.29, 1.82) is 0 Å². The van der Waals surface area contributed by atoms with Gasteiger partial charge in [-0.15, -0.1) is 0 Å². The van der Waals surface area contributed by atoms with E-state index in [2.05, 4.69) is 6.58 Å². The molecule has 0 heterocycles. The molecule has 0 amide bonds. The number of anilines is 1. The fraction of sp³-hybridized carbons (Fsp3) is 0.200. The third kappa shape index (κ3) is 1.66. The van der Waals surface area contributed by atoms with E-state index in [4.69, 9.17) is 5.73 Å². The van der Waals surface area contributed by atoms with Crippen LogP contribution in [0.5, 0.6) is 0 Å². The Kier molecular flexibility index (Phi) is 2.51. The Balaban J connectivity index is 3.02. The van der Waals surface area contributed by atoms with Crippen molar-refractivity contribution in [2.24, 2.45) is 0 Å². The Morgan fingerprint density at radius 2 is 2.08 bits per heavy atom. The first kappa shape index (κ1) is 8.81. The van der Waals surface area contributed by atoms with Crippen LogP contribution < -0.4 is 5.73 Å². The molecule has 0 fully saturated rings. The lowest BCUT2D eigenvalue weighted by Crippen LogP contribution is -2.02. The molecule has 2 nitrogen and oxygen atoms in total. The summed E-state index contributed by atoms with van der Waals surface area (Å²) in [5.41, 5.74) is 7.69. The van der Waals surface area contributed by atoms with Crippen molar-refractivity contribution in [3.63, 3.8) is 0 Å². The molecule has 0 saturated carbocycles. The lowest BCUT2D eigenvalue weighted by atomic mass is 10.0. The number of nitrogen functional groups attached to an aromatic ring is 1. The van der Waals surface area contributed by atoms with Crippen molar-refractivity contribution in [2.75, 3.05) is 5.73 Å². The Morgan fingerprint density at radius 3 is 2.58 bits per heavy atom. The minimum atomic E-state index is -0.647. The molecular weight excluding hydrogens is 150 g/mol. The van der Waals surface area contributed by atoms with Crippen molar-refractivity contribution in [1.82, 2.24) is 0 Å². The maximum absolute atomic E-state index is 9.60. The van der Waals surface area contributed by atoms with Crippen LogP contribution in [-0.2, 0) is 0 Å². The van der Waals surface area contributed by atoms with Gasteiger partial charge in [-0.1, -0.05) is 24.8 Å².